The lowest BCUT2D eigenvalue weighted by Crippen LogP contribution is -2.45. The standard InChI is InChI=1S/C64H121NO5/c1-3-5-7-9-11-13-14-15-16-32-35-38-42-46-50-54-58-64(69)70-59-55-51-47-43-39-36-33-30-28-26-24-22-20-18-17-19-21-23-25-27-29-31-34-37-41-45-49-53-57-63(68)65-61(60-66)62(67)56-52-48-44-40-12-10-8-6-4-2/h13-14,16-18,32,61-62,66-67H,3-12,15,19-31,33-60H2,1-2H3,(H,65,68)/b14-13-,18-17-,32-16-. The third kappa shape index (κ3) is 55.4. The van der Waals surface area contributed by atoms with Crippen LogP contribution >= 0.6 is 0 Å². The fourth-order valence-electron chi connectivity index (χ4n) is 9.61. The van der Waals surface area contributed by atoms with Gasteiger partial charge < -0.3 is 20.3 Å². The van der Waals surface area contributed by atoms with Crippen LogP contribution in [-0.2, 0) is 14.3 Å². The van der Waals surface area contributed by atoms with Crippen molar-refractivity contribution in [1.82, 2.24) is 5.32 Å². The molecule has 0 radical (unpaired) electrons. The molecule has 0 rings (SSSR count). The molecule has 0 aromatic rings. The van der Waals surface area contributed by atoms with Crippen molar-refractivity contribution in [2.45, 2.75) is 347 Å². The Bertz CT molecular complexity index is 1130. The van der Waals surface area contributed by atoms with Crippen molar-refractivity contribution in [3.8, 4) is 0 Å². The van der Waals surface area contributed by atoms with Gasteiger partial charge in [-0.3, -0.25) is 9.59 Å². The minimum atomic E-state index is -0.662. The van der Waals surface area contributed by atoms with Crippen molar-refractivity contribution >= 4 is 11.9 Å². The maximum atomic E-state index is 12.4. The number of esters is 1. The van der Waals surface area contributed by atoms with Gasteiger partial charge in [0.05, 0.1) is 25.4 Å². The van der Waals surface area contributed by atoms with E-state index in [1.807, 2.05) is 0 Å². The number of aliphatic hydroxyl groups excluding tert-OH is 2. The second-order valence-electron chi connectivity index (χ2n) is 21.4. The van der Waals surface area contributed by atoms with E-state index in [0.717, 1.165) is 51.4 Å². The molecule has 0 heterocycles. The fraction of sp³-hybridized carbons (Fsp3) is 0.875. The first-order valence-corrected chi connectivity index (χ1v) is 31.2. The molecule has 0 aromatic heterocycles. The van der Waals surface area contributed by atoms with E-state index in [1.54, 1.807) is 0 Å². The van der Waals surface area contributed by atoms with Crippen LogP contribution in [0.1, 0.15) is 335 Å². The molecule has 1 amide bonds. The van der Waals surface area contributed by atoms with E-state index in [2.05, 4.69) is 55.6 Å². The molecular weight excluding hydrogens is 863 g/mol. The number of carbonyl (C=O) groups is 2. The fourth-order valence-corrected chi connectivity index (χ4v) is 9.61. The summed E-state index contributed by atoms with van der Waals surface area (Å²) in [6, 6.07) is -0.539. The summed E-state index contributed by atoms with van der Waals surface area (Å²) in [5.41, 5.74) is 0. The number of rotatable bonds is 58. The lowest BCUT2D eigenvalue weighted by Gasteiger charge is -2.22. The molecule has 0 aliphatic heterocycles. The van der Waals surface area contributed by atoms with Gasteiger partial charge in [0, 0.05) is 12.8 Å². The molecule has 0 aromatic carbocycles. The first-order chi connectivity index (χ1) is 34.5. The summed E-state index contributed by atoms with van der Waals surface area (Å²) in [4.78, 5) is 24.5. The monoisotopic (exact) mass is 984 g/mol. The maximum Gasteiger partial charge on any atom is 0.305 e. The van der Waals surface area contributed by atoms with Gasteiger partial charge in [-0.25, -0.2) is 0 Å². The summed E-state index contributed by atoms with van der Waals surface area (Å²) >= 11 is 0. The third-order valence-electron chi connectivity index (χ3n) is 14.4. The highest BCUT2D eigenvalue weighted by atomic mass is 16.5. The Morgan fingerprint density at radius 3 is 1.11 bits per heavy atom. The summed E-state index contributed by atoms with van der Waals surface area (Å²) < 4.78 is 5.48. The second-order valence-corrected chi connectivity index (χ2v) is 21.4. The predicted molar refractivity (Wildman–Crippen MR) is 306 cm³/mol. The van der Waals surface area contributed by atoms with Crippen LogP contribution < -0.4 is 5.32 Å². The van der Waals surface area contributed by atoms with Gasteiger partial charge in [0.2, 0.25) is 5.91 Å². The summed E-state index contributed by atoms with van der Waals surface area (Å²) in [6.07, 6.45) is 74.6. The number of hydrogen-bond acceptors (Lipinski definition) is 5. The number of unbranched alkanes of at least 4 members (excludes halogenated alkanes) is 41. The van der Waals surface area contributed by atoms with Crippen LogP contribution in [0.4, 0.5) is 0 Å². The molecule has 6 heteroatoms. The molecule has 0 aliphatic carbocycles. The molecule has 0 fully saturated rings. The molecule has 2 unspecified atom stereocenters. The minimum absolute atomic E-state index is 0.00220. The first kappa shape index (κ1) is 68.1. The van der Waals surface area contributed by atoms with Crippen molar-refractivity contribution in [3.63, 3.8) is 0 Å². The number of nitrogens with one attached hydrogen (secondary N) is 1. The minimum Gasteiger partial charge on any atom is -0.466 e. The van der Waals surface area contributed by atoms with Gasteiger partial charge in [-0.15, -0.1) is 0 Å². The molecule has 412 valence electrons. The van der Waals surface area contributed by atoms with Gasteiger partial charge in [0.15, 0.2) is 0 Å². The highest BCUT2D eigenvalue weighted by Gasteiger charge is 2.20. The quantitative estimate of drug-likeness (QED) is 0.0321. The molecule has 0 spiro atoms. The SMILES string of the molecule is CCCCCC/C=C\C/C=C\CCCCCCCC(=O)OCCCCCCCCCCCCCC/C=C\CCCCCCCCCCCCCCC(=O)NC(CO)C(O)CCCCCCCCCCC. The highest BCUT2D eigenvalue weighted by molar-refractivity contribution is 5.76. The Labute approximate surface area is 436 Å². The zero-order valence-corrected chi connectivity index (χ0v) is 47.0. The zero-order valence-electron chi connectivity index (χ0n) is 47.0. The van der Waals surface area contributed by atoms with Crippen LogP contribution in [0.5, 0.6) is 0 Å². The topological polar surface area (TPSA) is 95.9 Å². The van der Waals surface area contributed by atoms with E-state index in [9.17, 15) is 19.8 Å². The lowest BCUT2D eigenvalue weighted by molar-refractivity contribution is -0.143. The Morgan fingerprint density at radius 2 is 0.714 bits per heavy atom. The third-order valence-corrected chi connectivity index (χ3v) is 14.4. The van der Waals surface area contributed by atoms with Crippen molar-refractivity contribution in [1.29, 1.82) is 0 Å². The van der Waals surface area contributed by atoms with E-state index in [4.69, 9.17) is 4.74 Å². The normalized spacial score (nSPS) is 12.8. The van der Waals surface area contributed by atoms with Crippen LogP contribution in [0.2, 0.25) is 0 Å². The van der Waals surface area contributed by atoms with Crippen molar-refractivity contribution in [2.75, 3.05) is 13.2 Å². The molecular formula is C64H121NO5. The Hall–Kier alpha value is -1.92. The molecule has 3 N–H and O–H groups in total. The lowest BCUT2D eigenvalue weighted by atomic mass is 10.0. The first-order valence-electron chi connectivity index (χ1n) is 31.2. The van der Waals surface area contributed by atoms with E-state index in [-0.39, 0.29) is 18.5 Å². The second kappa shape index (κ2) is 59.6. The highest BCUT2D eigenvalue weighted by Crippen LogP contribution is 2.17. The molecule has 0 saturated carbocycles. The van der Waals surface area contributed by atoms with Gasteiger partial charge >= 0.3 is 5.97 Å². The number of carbonyl (C=O) groups excluding carboxylic acids is 2. The Balaban J connectivity index is 3.35. The van der Waals surface area contributed by atoms with Crippen LogP contribution in [0.15, 0.2) is 36.5 Å². The molecule has 6 nitrogen and oxygen atoms in total. The molecule has 70 heavy (non-hydrogen) atoms. The number of aliphatic hydroxyl groups is 2. The molecule has 2 atom stereocenters. The van der Waals surface area contributed by atoms with E-state index in [1.165, 1.54) is 250 Å². The molecule has 0 saturated heterocycles. The zero-order chi connectivity index (χ0) is 50.7. The summed E-state index contributed by atoms with van der Waals surface area (Å²) in [7, 11) is 0. The van der Waals surface area contributed by atoms with Gasteiger partial charge in [0.1, 0.15) is 0 Å². The average molecular weight is 985 g/mol. The number of ether oxygens (including phenoxy) is 1. The Morgan fingerprint density at radius 1 is 0.400 bits per heavy atom. The van der Waals surface area contributed by atoms with Crippen molar-refractivity contribution in [2.24, 2.45) is 0 Å². The number of allylic oxidation sites excluding steroid dienone is 6. The van der Waals surface area contributed by atoms with Crippen LogP contribution in [0, 0.1) is 0 Å². The van der Waals surface area contributed by atoms with Gasteiger partial charge in [-0.2, -0.15) is 0 Å². The van der Waals surface area contributed by atoms with Crippen LogP contribution in [0.25, 0.3) is 0 Å². The largest absolute Gasteiger partial charge is 0.466 e. The number of hydrogen-bond donors (Lipinski definition) is 3. The summed E-state index contributed by atoms with van der Waals surface area (Å²) in [5.74, 6) is -0.0347. The van der Waals surface area contributed by atoms with Crippen LogP contribution in [-0.4, -0.2) is 47.4 Å². The van der Waals surface area contributed by atoms with E-state index >= 15 is 0 Å². The number of amides is 1. The van der Waals surface area contributed by atoms with E-state index < -0.39 is 12.1 Å². The predicted octanol–water partition coefficient (Wildman–Crippen LogP) is 19.6. The average Bonchev–Trinajstić information content (AvgIpc) is 3.36. The Kier molecular flexibility index (Phi) is 58.0. The maximum absolute atomic E-state index is 12.4. The van der Waals surface area contributed by atoms with Crippen LogP contribution in [0.3, 0.4) is 0 Å². The van der Waals surface area contributed by atoms with Gasteiger partial charge in [-0.1, -0.05) is 275 Å². The van der Waals surface area contributed by atoms with Gasteiger partial charge in [-0.05, 0) is 83.5 Å². The summed E-state index contributed by atoms with van der Waals surface area (Å²) in [6.45, 7) is 4.92. The molecule has 0 bridgehead atoms. The van der Waals surface area contributed by atoms with Gasteiger partial charge in [0.25, 0.3) is 0 Å². The van der Waals surface area contributed by atoms with E-state index in [0.29, 0.717) is 25.9 Å². The van der Waals surface area contributed by atoms with Crippen molar-refractivity contribution < 1.29 is 24.5 Å². The van der Waals surface area contributed by atoms with Crippen molar-refractivity contribution in [3.05, 3.63) is 36.5 Å². The smallest absolute Gasteiger partial charge is 0.305 e. The summed E-state index contributed by atoms with van der Waals surface area (Å²) in [5, 5.41) is 23.1. The molecule has 0 aliphatic rings.